The first-order valence-corrected chi connectivity index (χ1v) is 8.34. The van der Waals surface area contributed by atoms with Crippen LogP contribution in [0.2, 0.25) is 0 Å². The normalized spacial score (nSPS) is 14.5. The first-order chi connectivity index (χ1) is 10.8. The molecule has 1 aliphatic rings. The van der Waals surface area contributed by atoms with Gasteiger partial charge in [-0.25, -0.2) is 5.43 Å². The van der Waals surface area contributed by atoms with Crippen LogP contribution >= 0.6 is 0 Å². The highest BCUT2D eigenvalue weighted by Gasteiger charge is 2.08. The molecule has 0 saturated heterocycles. The van der Waals surface area contributed by atoms with Gasteiger partial charge in [0.1, 0.15) is 5.75 Å². The van der Waals surface area contributed by atoms with Gasteiger partial charge in [-0.1, -0.05) is 31.9 Å². The SMILES string of the molecule is CCCCc1ccc(OCC(=O)NN=C2CCCCC2)cc1. The zero-order valence-electron chi connectivity index (χ0n) is 13.4. The second-order valence-corrected chi connectivity index (χ2v) is 5.81. The molecule has 1 aliphatic carbocycles. The zero-order chi connectivity index (χ0) is 15.6. The maximum atomic E-state index is 11.7. The first kappa shape index (κ1) is 16.5. The summed E-state index contributed by atoms with van der Waals surface area (Å²) in [6.07, 6.45) is 9.11. The lowest BCUT2D eigenvalue weighted by Crippen LogP contribution is -2.26. The van der Waals surface area contributed by atoms with E-state index in [1.807, 2.05) is 12.1 Å². The van der Waals surface area contributed by atoms with E-state index in [0.29, 0.717) is 0 Å². The Morgan fingerprint density at radius 1 is 1.18 bits per heavy atom. The lowest BCUT2D eigenvalue weighted by molar-refractivity contribution is -0.123. The Bertz CT molecular complexity index is 486. The summed E-state index contributed by atoms with van der Waals surface area (Å²) in [4.78, 5) is 11.7. The molecule has 4 nitrogen and oxygen atoms in total. The zero-order valence-corrected chi connectivity index (χ0v) is 13.4. The summed E-state index contributed by atoms with van der Waals surface area (Å²) >= 11 is 0. The van der Waals surface area contributed by atoms with Crippen LogP contribution in [-0.2, 0) is 11.2 Å². The predicted octanol–water partition coefficient (Wildman–Crippen LogP) is 3.84. The van der Waals surface area contributed by atoms with Crippen LogP contribution in [0.15, 0.2) is 29.4 Å². The lowest BCUT2D eigenvalue weighted by Gasteiger charge is -2.12. The first-order valence-electron chi connectivity index (χ1n) is 8.34. The van der Waals surface area contributed by atoms with E-state index in [0.717, 1.165) is 30.7 Å². The fourth-order valence-corrected chi connectivity index (χ4v) is 2.53. The van der Waals surface area contributed by atoms with Gasteiger partial charge in [-0.2, -0.15) is 5.10 Å². The summed E-state index contributed by atoms with van der Waals surface area (Å²) in [5, 5.41) is 4.18. The molecule has 1 amide bonds. The fraction of sp³-hybridized carbons (Fsp3) is 0.556. The van der Waals surface area contributed by atoms with Crippen molar-refractivity contribution in [1.82, 2.24) is 5.43 Å². The molecule has 0 aromatic heterocycles. The van der Waals surface area contributed by atoms with Crippen LogP contribution in [0.3, 0.4) is 0 Å². The molecule has 1 aromatic carbocycles. The molecule has 1 aromatic rings. The monoisotopic (exact) mass is 302 g/mol. The highest BCUT2D eigenvalue weighted by molar-refractivity contribution is 5.87. The van der Waals surface area contributed by atoms with Crippen molar-refractivity contribution in [1.29, 1.82) is 0 Å². The predicted molar refractivity (Wildman–Crippen MR) is 89.2 cm³/mol. The Morgan fingerprint density at radius 3 is 2.59 bits per heavy atom. The van der Waals surface area contributed by atoms with Crippen molar-refractivity contribution in [2.24, 2.45) is 5.10 Å². The molecule has 2 rings (SSSR count). The van der Waals surface area contributed by atoms with Gasteiger partial charge < -0.3 is 4.74 Å². The highest BCUT2D eigenvalue weighted by atomic mass is 16.5. The van der Waals surface area contributed by atoms with Crippen molar-refractivity contribution < 1.29 is 9.53 Å². The maximum Gasteiger partial charge on any atom is 0.277 e. The number of carbonyl (C=O) groups is 1. The number of nitrogens with zero attached hydrogens (tertiary/aromatic N) is 1. The smallest absolute Gasteiger partial charge is 0.277 e. The van der Waals surface area contributed by atoms with Crippen LogP contribution in [0.1, 0.15) is 57.4 Å². The van der Waals surface area contributed by atoms with Crippen LogP contribution < -0.4 is 10.2 Å². The summed E-state index contributed by atoms with van der Waals surface area (Å²) in [5.41, 5.74) is 4.99. The van der Waals surface area contributed by atoms with Gasteiger partial charge in [0.2, 0.25) is 0 Å². The fourth-order valence-electron chi connectivity index (χ4n) is 2.53. The topological polar surface area (TPSA) is 50.7 Å². The minimum Gasteiger partial charge on any atom is -0.484 e. The third-order valence-corrected chi connectivity index (χ3v) is 3.88. The van der Waals surface area contributed by atoms with Gasteiger partial charge in [-0.15, -0.1) is 0 Å². The van der Waals surface area contributed by atoms with Crippen molar-refractivity contribution in [3.63, 3.8) is 0 Å². The minimum atomic E-state index is -0.201. The number of amides is 1. The molecule has 1 saturated carbocycles. The van der Waals surface area contributed by atoms with Crippen LogP contribution in [0.5, 0.6) is 5.75 Å². The number of ether oxygens (including phenoxy) is 1. The molecule has 120 valence electrons. The lowest BCUT2D eigenvalue weighted by atomic mass is 9.99. The standard InChI is InChI=1S/C18H26N2O2/c1-2-3-7-15-10-12-17(13-11-15)22-14-18(21)20-19-16-8-5-4-6-9-16/h10-13H,2-9,14H2,1H3,(H,20,21). The molecular formula is C18H26N2O2. The Hall–Kier alpha value is -1.84. The molecule has 1 N–H and O–H groups in total. The number of unbranched alkanes of at least 4 members (excludes halogenated alkanes) is 1. The van der Waals surface area contributed by atoms with E-state index in [2.05, 4.69) is 29.6 Å². The molecule has 0 unspecified atom stereocenters. The average molecular weight is 302 g/mol. The number of benzene rings is 1. The van der Waals surface area contributed by atoms with Crippen LogP contribution in [0.25, 0.3) is 0 Å². The van der Waals surface area contributed by atoms with Gasteiger partial charge in [0, 0.05) is 5.71 Å². The summed E-state index contributed by atoms with van der Waals surface area (Å²) in [6, 6.07) is 7.97. The number of hydrogen-bond acceptors (Lipinski definition) is 3. The van der Waals surface area contributed by atoms with Gasteiger partial charge >= 0.3 is 0 Å². The Labute approximate surface area is 132 Å². The van der Waals surface area contributed by atoms with Gasteiger partial charge in [0.25, 0.3) is 5.91 Å². The van der Waals surface area contributed by atoms with Crippen LogP contribution in [0, 0.1) is 0 Å². The highest BCUT2D eigenvalue weighted by Crippen LogP contribution is 2.15. The molecule has 0 bridgehead atoms. The third-order valence-electron chi connectivity index (χ3n) is 3.88. The number of nitrogens with one attached hydrogen (secondary N) is 1. The number of carbonyl (C=O) groups excluding carboxylic acids is 1. The van der Waals surface area contributed by atoms with Crippen molar-refractivity contribution in [3.05, 3.63) is 29.8 Å². The minimum absolute atomic E-state index is 0.00505. The summed E-state index contributed by atoms with van der Waals surface area (Å²) in [7, 11) is 0. The van der Waals surface area contributed by atoms with Crippen LogP contribution in [0.4, 0.5) is 0 Å². The van der Waals surface area contributed by atoms with Crippen LogP contribution in [-0.4, -0.2) is 18.2 Å². The largest absolute Gasteiger partial charge is 0.484 e. The Balaban J connectivity index is 1.71. The molecule has 4 heteroatoms. The summed E-state index contributed by atoms with van der Waals surface area (Å²) < 4.78 is 5.49. The average Bonchev–Trinajstić information content (AvgIpc) is 2.58. The second kappa shape index (κ2) is 9.23. The molecule has 22 heavy (non-hydrogen) atoms. The van der Waals surface area contributed by atoms with Gasteiger partial charge in [0.15, 0.2) is 6.61 Å². The van der Waals surface area contributed by atoms with E-state index in [4.69, 9.17) is 4.74 Å². The van der Waals surface area contributed by atoms with Gasteiger partial charge in [0.05, 0.1) is 0 Å². The van der Waals surface area contributed by atoms with Gasteiger partial charge in [-0.3, -0.25) is 4.79 Å². The second-order valence-electron chi connectivity index (χ2n) is 5.81. The van der Waals surface area contributed by atoms with E-state index in [9.17, 15) is 4.79 Å². The maximum absolute atomic E-state index is 11.7. The van der Waals surface area contributed by atoms with Gasteiger partial charge in [-0.05, 0) is 56.2 Å². The van der Waals surface area contributed by atoms with E-state index in [1.54, 1.807) is 0 Å². The quantitative estimate of drug-likeness (QED) is 0.778. The number of hydrogen-bond donors (Lipinski definition) is 1. The van der Waals surface area contributed by atoms with E-state index < -0.39 is 0 Å². The summed E-state index contributed by atoms with van der Waals surface area (Å²) in [6.45, 7) is 2.19. The van der Waals surface area contributed by atoms with Crippen molar-refractivity contribution in [2.45, 2.75) is 58.3 Å². The van der Waals surface area contributed by atoms with E-state index in [-0.39, 0.29) is 12.5 Å². The Morgan fingerprint density at radius 2 is 1.91 bits per heavy atom. The molecule has 0 heterocycles. The Kier molecular flexibility index (Phi) is 6.94. The van der Waals surface area contributed by atoms with Crippen molar-refractivity contribution >= 4 is 11.6 Å². The molecule has 0 aliphatic heterocycles. The van der Waals surface area contributed by atoms with E-state index >= 15 is 0 Å². The molecule has 1 fully saturated rings. The van der Waals surface area contributed by atoms with E-state index in [1.165, 1.54) is 37.7 Å². The molecular weight excluding hydrogens is 276 g/mol. The molecule has 0 radical (unpaired) electrons. The molecule has 0 atom stereocenters. The number of hydrazone groups is 1. The number of aryl methyl sites for hydroxylation is 1. The molecule has 0 spiro atoms. The van der Waals surface area contributed by atoms with Crippen molar-refractivity contribution in [2.75, 3.05) is 6.61 Å². The summed E-state index contributed by atoms with van der Waals surface area (Å²) in [5.74, 6) is 0.522. The number of rotatable bonds is 7. The van der Waals surface area contributed by atoms with Crippen molar-refractivity contribution in [3.8, 4) is 5.75 Å². The third kappa shape index (κ3) is 5.88.